The first kappa shape index (κ1) is 12.2. The zero-order valence-electron chi connectivity index (χ0n) is 9.06. The molecule has 0 N–H and O–H groups in total. The van der Waals surface area contributed by atoms with Crippen LogP contribution in [0.15, 0.2) is 24.5 Å². The molecule has 2 aromatic heterocycles. The van der Waals surface area contributed by atoms with Crippen LogP contribution in [0.1, 0.15) is 10.5 Å². The van der Waals surface area contributed by atoms with Gasteiger partial charge in [0.15, 0.2) is 17.1 Å². The molecule has 0 amide bonds. The molecule has 0 unspecified atom stereocenters. The summed E-state index contributed by atoms with van der Waals surface area (Å²) in [5.41, 5.74) is -0.102. The number of esters is 1. The molecule has 0 radical (unpaired) electrons. The Morgan fingerprint density at radius 1 is 1.44 bits per heavy atom. The number of nitrogens with zero attached hydrogens (tertiary/aromatic N) is 2. The molecule has 2 heterocycles. The summed E-state index contributed by atoms with van der Waals surface area (Å²) in [5, 5.41) is 0. The standard InChI is InChI=1S/C10H7F3N2O3/c1-17-9(16)6-5-14-8-7(18-10(11,12)13)3-2-4-15(6)8/h2-5H,1H3. The SMILES string of the molecule is COC(=O)c1cnc2c(OC(F)(F)F)cccn12. The minimum Gasteiger partial charge on any atom is -0.464 e. The number of ether oxygens (including phenoxy) is 2. The molecular weight excluding hydrogens is 253 g/mol. The number of fused-ring (bicyclic) bond motifs is 1. The molecule has 5 nitrogen and oxygen atoms in total. The molecule has 0 fully saturated rings. The van der Waals surface area contributed by atoms with Crippen LogP contribution in [0.5, 0.6) is 5.75 Å². The fraction of sp³-hybridized carbons (Fsp3) is 0.200. The van der Waals surface area contributed by atoms with Crippen LogP contribution in [0.3, 0.4) is 0 Å². The Labute approximate surface area is 98.7 Å². The molecule has 18 heavy (non-hydrogen) atoms. The van der Waals surface area contributed by atoms with Gasteiger partial charge in [0, 0.05) is 6.20 Å². The average Bonchev–Trinajstić information content (AvgIpc) is 2.71. The lowest BCUT2D eigenvalue weighted by atomic mass is 10.4. The summed E-state index contributed by atoms with van der Waals surface area (Å²) in [7, 11) is 1.16. The van der Waals surface area contributed by atoms with E-state index in [1.165, 1.54) is 12.3 Å². The molecule has 2 aromatic rings. The van der Waals surface area contributed by atoms with Crippen LogP contribution in [-0.4, -0.2) is 28.8 Å². The minimum atomic E-state index is -4.82. The maximum atomic E-state index is 12.1. The summed E-state index contributed by atoms with van der Waals surface area (Å²) in [5.74, 6) is -1.19. The number of halogens is 3. The number of aromatic nitrogens is 2. The lowest BCUT2D eigenvalue weighted by Crippen LogP contribution is -2.17. The van der Waals surface area contributed by atoms with Gasteiger partial charge in [-0.2, -0.15) is 0 Å². The first-order chi connectivity index (χ1) is 8.42. The highest BCUT2D eigenvalue weighted by atomic mass is 19.4. The first-order valence-corrected chi connectivity index (χ1v) is 4.72. The summed E-state index contributed by atoms with van der Waals surface area (Å²) in [6, 6.07) is 2.42. The van der Waals surface area contributed by atoms with Crippen LogP contribution in [-0.2, 0) is 4.74 Å². The summed E-state index contributed by atoms with van der Waals surface area (Å²) in [6.07, 6.45) is -2.32. The van der Waals surface area contributed by atoms with Gasteiger partial charge in [0.25, 0.3) is 0 Å². The number of rotatable bonds is 2. The molecule has 0 bridgehead atoms. The Hall–Kier alpha value is -2.25. The monoisotopic (exact) mass is 260 g/mol. The first-order valence-electron chi connectivity index (χ1n) is 4.72. The molecule has 0 saturated heterocycles. The Kier molecular flexibility index (Phi) is 2.85. The lowest BCUT2D eigenvalue weighted by molar-refractivity contribution is -0.274. The van der Waals surface area contributed by atoms with E-state index in [4.69, 9.17) is 0 Å². The van der Waals surface area contributed by atoms with Gasteiger partial charge in [0.05, 0.1) is 13.3 Å². The van der Waals surface area contributed by atoms with Gasteiger partial charge >= 0.3 is 12.3 Å². The molecule has 0 aliphatic heterocycles. The van der Waals surface area contributed by atoms with Crippen molar-refractivity contribution in [3.63, 3.8) is 0 Å². The number of hydrogen-bond acceptors (Lipinski definition) is 4. The van der Waals surface area contributed by atoms with Gasteiger partial charge in [0.1, 0.15) is 0 Å². The number of pyridine rings is 1. The van der Waals surface area contributed by atoms with Crippen LogP contribution in [0.4, 0.5) is 13.2 Å². The van der Waals surface area contributed by atoms with Crippen molar-refractivity contribution in [1.82, 2.24) is 9.38 Å². The largest absolute Gasteiger partial charge is 0.573 e. The maximum Gasteiger partial charge on any atom is 0.573 e. The molecule has 0 aromatic carbocycles. The predicted molar refractivity (Wildman–Crippen MR) is 53.2 cm³/mol. The molecule has 0 spiro atoms. The summed E-state index contributed by atoms with van der Waals surface area (Å²) in [6.45, 7) is 0. The highest BCUT2D eigenvalue weighted by Gasteiger charge is 2.32. The van der Waals surface area contributed by atoms with E-state index in [1.54, 1.807) is 0 Å². The molecular formula is C10H7F3N2O3. The maximum absolute atomic E-state index is 12.1. The average molecular weight is 260 g/mol. The van der Waals surface area contributed by atoms with Crippen molar-refractivity contribution in [1.29, 1.82) is 0 Å². The summed E-state index contributed by atoms with van der Waals surface area (Å²) in [4.78, 5) is 15.0. The fourth-order valence-electron chi connectivity index (χ4n) is 1.45. The van der Waals surface area contributed by atoms with Crippen molar-refractivity contribution in [2.45, 2.75) is 6.36 Å². The Morgan fingerprint density at radius 2 is 2.17 bits per heavy atom. The molecule has 96 valence electrons. The number of imidazole rings is 1. The van der Waals surface area contributed by atoms with E-state index in [-0.39, 0.29) is 11.3 Å². The van der Waals surface area contributed by atoms with Crippen LogP contribution in [0.25, 0.3) is 5.65 Å². The smallest absolute Gasteiger partial charge is 0.464 e. The van der Waals surface area contributed by atoms with Crippen LogP contribution >= 0.6 is 0 Å². The normalized spacial score (nSPS) is 11.6. The second-order valence-corrected chi connectivity index (χ2v) is 3.25. The van der Waals surface area contributed by atoms with Crippen LogP contribution < -0.4 is 4.74 Å². The van der Waals surface area contributed by atoms with E-state index >= 15 is 0 Å². The number of hydrogen-bond donors (Lipinski definition) is 0. The van der Waals surface area contributed by atoms with Crippen molar-refractivity contribution in [3.8, 4) is 5.75 Å². The van der Waals surface area contributed by atoms with Gasteiger partial charge in [-0.05, 0) is 12.1 Å². The number of carbonyl (C=O) groups excluding carboxylic acids is 1. The van der Waals surface area contributed by atoms with Gasteiger partial charge in [-0.25, -0.2) is 9.78 Å². The number of alkyl halides is 3. The van der Waals surface area contributed by atoms with E-state index in [9.17, 15) is 18.0 Å². The molecule has 0 atom stereocenters. The van der Waals surface area contributed by atoms with Gasteiger partial charge in [-0.3, -0.25) is 4.40 Å². The van der Waals surface area contributed by atoms with Gasteiger partial charge in [-0.1, -0.05) is 0 Å². The van der Waals surface area contributed by atoms with E-state index < -0.39 is 18.1 Å². The molecule has 0 aliphatic carbocycles. The van der Waals surface area contributed by atoms with Crippen molar-refractivity contribution in [2.24, 2.45) is 0 Å². The Balaban J connectivity index is 2.52. The highest BCUT2D eigenvalue weighted by molar-refractivity contribution is 5.88. The summed E-state index contributed by atoms with van der Waals surface area (Å²) < 4.78 is 45.9. The third kappa shape index (κ3) is 2.22. The molecule has 8 heteroatoms. The second kappa shape index (κ2) is 4.21. The van der Waals surface area contributed by atoms with Crippen molar-refractivity contribution >= 4 is 11.6 Å². The van der Waals surface area contributed by atoms with Crippen molar-refractivity contribution < 1.29 is 27.4 Å². The predicted octanol–water partition coefficient (Wildman–Crippen LogP) is 2.02. The van der Waals surface area contributed by atoms with E-state index in [0.717, 1.165) is 23.8 Å². The zero-order chi connectivity index (χ0) is 13.3. The lowest BCUT2D eigenvalue weighted by Gasteiger charge is -2.09. The highest BCUT2D eigenvalue weighted by Crippen LogP contribution is 2.26. The number of methoxy groups -OCH3 is 1. The fourth-order valence-corrected chi connectivity index (χ4v) is 1.45. The zero-order valence-corrected chi connectivity index (χ0v) is 9.06. The van der Waals surface area contributed by atoms with Gasteiger partial charge in [0.2, 0.25) is 0 Å². The van der Waals surface area contributed by atoms with Gasteiger partial charge < -0.3 is 9.47 Å². The Bertz CT molecular complexity index is 592. The molecule has 0 aliphatic rings. The molecule has 2 rings (SSSR count). The van der Waals surface area contributed by atoms with Crippen LogP contribution in [0, 0.1) is 0 Å². The third-order valence-electron chi connectivity index (χ3n) is 2.12. The summed E-state index contributed by atoms with van der Waals surface area (Å²) >= 11 is 0. The van der Waals surface area contributed by atoms with E-state index in [1.807, 2.05) is 0 Å². The molecule has 0 saturated carbocycles. The quantitative estimate of drug-likeness (QED) is 0.775. The topological polar surface area (TPSA) is 52.8 Å². The van der Waals surface area contributed by atoms with Crippen molar-refractivity contribution in [3.05, 3.63) is 30.2 Å². The van der Waals surface area contributed by atoms with E-state index in [0.29, 0.717) is 0 Å². The van der Waals surface area contributed by atoms with Crippen molar-refractivity contribution in [2.75, 3.05) is 7.11 Å². The van der Waals surface area contributed by atoms with E-state index in [2.05, 4.69) is 14.5 Å². The third-order valence-corrected chi connectivity index (χ3v) is 2.12. The Morgan fingerprint density at radius 3 is 2.78 bits per heavy atom. The second-order valence-electron chi connectivity index (χ2n) is 3.25. The van der Waals surface area contributed by atoms with Crippen LogP contribution in [0.2, 0.25) is 0 Å². The van der Waals surface area contributed by atoms with Gasteiger partial charge in [-0.15, -0.1) is 13.2 Å². The minimum absolute atomic E-state index is 0.0140. The number of carbonyl (C=O) groups is 1.